The Hall–Kier alpha value is -1.51. The van der Waals surface area contributed by atoms with E-state index in [0.29, 0.717) is 6.54 Å². The Morgan fingerprint density at radius 1 is 1.38 bits per heavy atom. The number of para-hydroxylation sites is 2. The highest BCUT2D eigenvalue weighted by atomic mass is 16.5. The molecule has 16 heavy (non-hydrogen) atoms. The smallest absolute Gasteiger partial charge is 0.230 e. The summed E-state index contributed by atoms with van der Waals surface area (Å²) in [7, 11) is 0. The van der Waals surface area contributed by atoms with Gasteiger partial charge in [0.25, 0.3) is 0 Å². The van der Waals surface area contributed by atoms with Crippen LogP contribution in [0.5, 0.6) is 5.75 Å². The van der Waals surface area contributed by atoms with Crippen LogP contribution in [0.2, 0.25) is 0 Å². The average Bonchev–Trinajstić information content (AvgIpc) is 3.10. The highest BCUT2D eigenvalue weighted by molar-refractivity contribution is 5.98. The van der Waals surface area contributed by atoms with Crippen LogP contribution in [0.3, 0.4) is 0 Å². The van der Waals surface area contributed by atoms with Crippen LogP contribution < -0.4 is 9.64 Å². The second-order valence-electron chi connectivity index (χ2n) is 4.62. The second-order valence-corrected chi connectivity index (χ2v) is 4.62. The molecule has 3 rings (SSSR count). The third kappa shape index (κ3) is 1.56. The summed E-state index contributed by atoms with van der Waals surface area (Å²) < 4.78 is 5.72. The minimum Gasteiger partial charge on any atom is -0.487 e. The van der Waals surface area contributed by atoms with Gasteiger partial charge in [0.2, 0.25) is 5.91 Å². The van der Waals surface area contributed by atoms with Gasteiger partial charge >= 0.3 is 0 Å². The second kappa shape index (κ2) is 3.51. The lowest BCUT2D eigenvalue weighted by Crippen LogP contribution is -2.43. The van der Waals surface area contributed by atoms with Crippen LogP contribution in [0.1, 0.15) is 19.8 Å². The van der Waals surface area contributed by atoms with Crippen molar-refractivity contribution in [1.29, 1.82) is 0 Å². The quantitative estimate of drug-likeness (QED) is 0.721. The Morgan fingerprint density at radius 3 is 2.88 bits per heavy atom. The average molecular weight is 217 g/mol. The molecule has 1 aliphatic carbocycles. The van der Waals surface area contributed by atoms with Crippen molar-refractivity contribution in [2.24, 2.45) is 5.92 Å². The Morgan fingerprint density at radius 2 is 2.12 bits per heavy atom. The van der Waals surface area contributed by atoms with Crippen LogP contribution in [0.25, 0.3) is 0 Å². The monoisotopic (exact) mass is 217 g/mol. The summed E-state index contributed by atoms with van der Waals surface area (Å²) in [5.74, 6) is 1.36. The van der Waals surface area contributed by atoms with Gasteiger partial charge in [-0.15, -0.1) is 0 Å². The molecule has 2 aliphatic rings. The topological polar surface area (TPSA) is 29.5 Å². The number of rotatable bonds is 1. The first-order valence-electron chi connectivity index (χ1n) is 5.83. The summed E-state index contributed by atoms with van der Waals surface area (Å²) in [5.41, 5.74) is 0.928. The Bertz CT molecular complexity index is 426. The maximum absolute atomic E-state index is 12.1. The van der Waals surface area contributed by atoms with Gasteiger partial charge in [-0.3, -0.25) is 4.79 Å². The molecule has 0 spiro atoms. The molecular formula is C13H15NO2. The zero-order chi connectivity index (χ0) is 11.1. The van der Waals surface area contributed by atoms with Crippen molar-refractivity contribution < 1.29 is 9.53 Å². The number of amides is 1. The number of carbonyl (C=O) groups is 1. The fourth-order valence-electron chi connectivity index (χ4n) is 2.15. The third-order valence-electron chi connectivity index (χ3n) is 3.12. The van der Waals surface area contributed by atoms with E-state index in [1.165, 1.54) is 0 Å². The lowest BCUT2D eigenvalue weighted by atomic mass is 10.2. The summed E-state index contributed by atoms with van der Waals surface area (Å²) in [4.78, 5) is 14.0. The predicted octanol–water partition coefficient (Wildman–Crippen LogP) is 2.21. The summed E-state index contributed by atoms with van der Waals surface area (Å²) in [6, 6.07) is 7.78. The van der Waals surface area contributed by atoms with Gasteiger partial charge in [-0.25, -0.2) is 0 Å². The number of anilines is 1. The fourth-order valence-corrected chi connectivity index (χ4v) is 2.15. The van der Waals surface area contributed by atoms with Gasteiger partial charge in [0.1, 0.15) is 11.9 Å². The van der Waals surface area contributed by atoms with Crippen LogP contribution in [-0.4, -0.2) is 18.6 Å². The normalized spacial score (nSPS) is 23.6. The minimum absolute atomic E-state index is 0.0811. The molecule has 1 heterocycles. The van der Waals surface area contributed by atoms with E-state index in [1.807, 2.05) is 36.1 Å². The number of carbonyl (C=O) groups excluding carboxylic acids is 1. The molecule has 1 fully saturated rings. The molecule has 0 bridgehead atoms. The lowest BCUT2D eigenvalue weighted by molar-refractivity contribution is -0.120. The van der Waals surface area contributed by atoms with E-state index in [-0.39, 0.29) is 17.9 Å². The number of nitrogens with zero attached hydrogens (tertiary/aromatic N) is 1. The summed E-state index contributed by atoms with van der Waals surface area (Å²) >= 11 is 0. The Kier molecular flexibility index (Phi) is 2.13. The molecule has 1 aliphatic heterocycles. The highest BCUT2D eigenvalue weighted by Gasteiger charge is 2.37. The first kappa shape index (κ1) is 9.70. The van der Waals surface area contributed by atoms with Crippen molar-refractivity contribution in [2.45, 2.75) is 25.9 Å². The van der Waals surface area contributed by atoms with E-state index in [1.54, 1.807) is 0 Å². The highest BCUT2D eigenvalue weighted by Crippen LogP contribution is 2.38. The molecule has 1 aromatic carbocycles. The third-order valence-corrected chi connectivity index (χ3v) is 3.12. The molecule has 1 aromatic rings. The van der Waals surface area contributed by atoms with Gasteiger partial charge in [-0.2, -0.15) is 0 Å². The first-order valence-corrected chi connectivity index (χ1v) is 5.83. The van der Waals surface area contributed by atoms with E-state index in [0.717, 1.165) is 24.3 Å². The Labute approximate surface area is 95.0 Å². The fraction of sp³-hybridized carbons (Fsp3) is 0.462. The molecule has 0 saturated heterocycles. The molecular weight excluding hydrogens is 202 g/mol. The van der Waals surface area contributed by atoms with Crippen molar-refractivity contribution >= 4 is 11.6 Å². The SMILES string of the molecule is C[C@H]1CN(C(=O)C2CC2)c2ccccc2O1. The summed E-state index contributed by atoms with van der Waals surface area (Å²) in [5, 5.41) is 0. The molecule has 0 unspecified atom stereocenters. The largest absolute Gasteiger partial charge is 0.487 e. The molecule has 3 heteroatoms. The first-order chi connectivity index (χ1) is 7.75. The molecule has 1 saturated carbocycles. The number of ether oxygens (including phenoxy) is 1. The van der Waals surface area contributed by atoms with Crippen molar-refractivity contribution in [3.8, 4) is 5.75 Å². The molecule has 1 amide bonds. The van der Waals surface area contributed by atoms with Gasteiger partial charge < -0.3 is 9.64 Å². The molecule has 0 N–H and O–H groups in total. The molecule has 0 radical (unpaired) electrons. The number of hydrogen-bond donors (Lipinski definition) is 0. The van der Waals surface area contributed by atoms with Crippen molar-refractivity contribution in [3.63, 3.8) is 0 Å². The van der Waals surface area contributed by atoms with E-state index in [4.69, 9.17) is 4.74 Å². The van der Waals surface area contributed by atoms with Crippen LogP contribution in [0.4, 0.5) is 5.69 Å². The van der Waals surface area contributed by atoms with E-state index < -0.39 is 0 Å². The zero-order valence-corrected chi connectivity index (χ0v) is 9.35. The maximum Gasteiger partial charge on any atom is 0.230 e. The van der Waals surface area contributed by atoms with Gasteiger partial charge in [-0.05, 0) is 31.9 Å². The lowest BCUT2D eigenvalue weighted by Gasteiger charge is -2.33. The number of benzene rings is 1. The number of fused-ring (bicyclic) bond motifs is 1. The standard InChI is InChI=1S/C13H15NO2/c1-9-8-14(13(15)10-6-7-10)11-4-2-3-5-12(11)16-9/h2-5,9-10H,6-8H2,1H3/t9-/m0/s1. The van der Waals surface area contributed by atoms with Crippen LogP contribution in [-0.2, 0) is 4.79 Å². The van der Waals surface area contributed by atoms with Gasteiger partial charge in [0, 0.05) is 5.92 Å². The van der Waals surface area contributed by atoms with Crippen LogP contribution in [0.15, 0.2) is 24.3 Å². The maximum atomic E-state index is 12.1. The molecule has 3 nitrogen and oxygen atoms in total. The molecule has 0 aromatic heterocycles. The van der Waals surface area contributed by atoms with E-state index in [9.17, 15) is 4.79 Å². The van der Waals surface area contributed by atoms with Crippen LogP contribution in [0, 0.1) is 5.92 Å². The van der Waals surface area contributed by atoms with Gasteiger partial charge in [-0.1, -0.05) is 12.1 Å². The van der Waals surface area contributed by atoms with Gasteiger partial charge in [0.05, 0.1) is 12.2 Å². The van der Waals surface area contributed by atoms with Crippen molar-refractivity contribution in [2.75, 3.05) is 11.4 Å². The Balaban J connectivity index is 1.96. The minimum atomic E-state index is 0.0811. The molecule has 84 valence electrons. The summed E-state index contributed by atoms with van der Waals surface area (Å²) in [6.45, 7) is 2.68. The zero-order valence-electron chi connectivity index (χ0n) is 9.35. The van der Waals surface area contributed by atoms with Gasteiger partial charge in [0.15, 0.2) is 0 Å². The van der Waals surface area contributed by atoms with Crippen LogP contribution >= 0.6 is 0 Å². The van der Waals surface area contributed by atoms with Crippen molar-refractivity contribution in [3.05, 3.63) is 24.3 Å². The number of hydrogen-bond acceptors (Lipinski definition) is 2. The molecule has 1 atom stereocenters. The van der Waals surface area contributed by atoms with Crippen molar-refractivity contribution in [1.82, 2.24) is 0 Å². The summed E-state index contributed by atoms with van der Waals surface area (Å²) in [6.07, 6.45) is 2.18. The van der Waals surface area contributed by atoms with E-state index >= 15 is 0 Å². The van der Waals surface area contributed by atoms with E-state index in [2.05, 4.69) is 0 Å². The predicted molar refractivity (Wildman–Crippen MR) is 61.6 cm³/mol.